The molecule has 0 radical (unpaired) electrons. The van der Waals surface area contributed by atoms with E-state index in [0.29, 0.717) is 5.02 Å². The van der Waals surface area contributed by atoms with Gasteiger partial charge in [0.15, 0.2) is 0 Å². The van der Waals surface area contributed by atoms with Crippen molar-refractivity contribution in [1.82, 2.24) is 5.32 Å². The van der Waals surface area contributed by atoms with Crippen LogP contribution in [0.4, 0.5) is 5.69 Å². The number of hydrogen-bond donors (Lipinski definition) is 1. The molecule has 0 fully saturated rings. The monoisotopic (exact) mass is 476 g/mol. The Kier molecular flexibility index (Phi) is 7.26. The average molecular weight is 477 g/mol. The van der Waals surface area contributed by atoms with Crippen LogP contribution in [0, 0.1) is 6.92 Å². The van der Waals surface area contributed by atoms with Crippen LogP contribution in [0.1, 0.15) is 22.7 Å². The molecule has 8 heteroatoms. The summed E-state index contributed by atoms with van der Waals surface area (Å²) in [5.74, 6) is -0.452. The van der Waals surface area contributed by atoms with Crippen LogP contribution in [0.25, 0.3) is 0 Å². The highest BCUT2D eigenvalue weighted by molar-refractivity contribution is 7.92. The number of nitrogens with zero attached hydrogens (tertiary/aromatic N) is 1. The summed E-state index contributed by atoms with van der Waals surface area (Å²) < 4.78 is 25.8. The first kappa shape index (κ1) is 23.1. The van der Waals surface area contributed by atoms with Crippen molar-refractivity contribution in [2.45, 2.75) is 13.0 Å². The highest BCUT2D eigenvalue weighted by Gasteiger charge is 2.24. The minimum Gasteiger partial charge on any atom is -0.344 e. The third-order valence-corrected chi connectivity index (χ3v) is 6.57. The molecule has 0 aliphatic rings. The predicted molar refractivity (Wildman–Crippen MR) is 126 cm³/mol. The zero-order valence-corrected chi connectivity index (χ0v) is 19.4. The Bertz CT molecular complexity index is 1180. The molecule has 0 bridgehead atoms. The lowest BCUT2D eigenvalue weighted by Crippen LogP contribution is -2.41. The first-order valence-electron chi connectivity index (χ1n) is 9.49. The van der Waals surface area contributed by atoms with Gasteiger partial charge < -0.3 is 5.32 Å². The van der Waals surface area contributed by atoms with Gasteiger partial charge in [-0.25, -0.2) is 8.42 Å². The van der Waals surface area contributed by atoms with Crippen molar-refractivity contribution in [2.75, 3.05) is 17.1 Å². The van der Waals surface area contributed by atoms with E-state index in [1.54, 1.807) is 0 Å². The Balaban J connectivity index is 1.90. The Hall–Kier alpha value is -2.54. The van der Waals surface area contributed by atoms with E-state index < -0.39 is 28.5 Å². The van der Waals surface area contributed by atoms with Gasteiger partial charge in [-0.1, -0.05) is 83.4 Å². The van der Waals surface area contributed by atoms with Gasteiger partial charge in [0.2, 0.25) is 15.9 Å². The number of hydrogen-bond acceptors (Lipinski definition) is 3. The molecule has 3 aromatic rings. The molecule has 162 valence electrons. The van der Waals surface area contributed by atoms with E-state index in [2.05, 4.69) is 5.32 Å². The van der Waals surface area contributed by atoms with Gasteiger partial charge in [-0.15, -0.1) is 0 Å². The fourth-order valence-electron chi connectivity index (χ4n) is 3.23. The average Bonchev–Trinajstić information content (AvgIpc) is 2.72. The number of carbonyl (C=O) groups excluding carboxylic acids is 1. The molecule has 0 aliphatic heterocycles. The highest BCUT2D eigenvalue weighted by atomic mass is 35.5. The van der Waals surface area contributed by atoms with Crippen molar-refractivity contribution in [1.29, 1.82) is 0 Å². The number of sulfonamides is 1. The van der Waals surface area contributed by atoms with E-state index in [4.69, 9.17) is 23.2 Å². The van der Waals surface area contributed by atoms with Crippen LogP contribution in [0.5, 0.6) is 0 Å². The molecule has 0 aromatic heterocycles. The number of nitrogens with one attached hydrogen (secondary N) is 1. The molecule has 31 heavy (non-hydrogen) atoms. The lowest BCUT2D eigenvalue weighted by Gasteiger charge is -2.25. The maximum atomic E-state index is 13.0. The lowest BCUT2D eigenvalue weighted by molar-refractivity contribution is -0.120. The minimum absolute atomic E-state index is 0.204. The summed E-state index contributed by atoms with van der Waals surface area (Å²) in [6.45, 7) is 1.58. The molecule has 0 aliphatic carbocycles. The molecular formula is C23H22Cl2N2O3S. The van der Waals surface area contributed by atoms with Gasteiger partial charge >= 0.3 is 0 Å². The van der Waals surface area contributed by atoms with Gasteiger partial charge in [-0.3, -0.25) is 9.10 Å². The molecule has 0 saturated carbocycles. The topological polar surface area (TPSA) is 66.5 Å². The van der Waals surface area contributed by atoms with Gasteiger partial charge in [0, 0.05) is 0 Å². The maximum Gasteiger partial charge on any atom is 0.241 e. The van der Waals surface area contributed by atoms with Crippen molar-refractivity contribution in [3.8, 4) is 0 Å². The Morgan fingerprint density at radius 2 is 1.61 bits per heavy atom. The smallest absolute Gasteiger partial charge is 0.241 e. The van der Waals surface area contributed by atoms with E-state index in [1.807, 2.05) is 61.5 Å². The van der Waals surface area contributed by atoms with E-state index >= 15 is 0 Å². The van der Waals surface area contributed by atoms with Crippen molar-refractivity contribution in [3.05, 3.63) is 99.5 Å². The van der Waals surface area contributed by atoms with Gasteiger partial charge in [0.25, 0.3) is 0 Å². The number of rotatable bonds is 7. The SMILES string of the molecule is Cc1cccc(C(NC(=O)CN(c2ccc(Cl)c(Cl)c2)S(C)(=O)=O)c2ccccc2)c1. The molecule has 3 rings (SSSR count). The van der Waals surface area contributed by atoms with Gasteiger partial charge in [-0.05, 0) is 36.2 Å². The Morgan fingerprint density at radius 1 is 0.935 bits per heavy atom. The standard InChI is InChI=1S/C23H22Cl2N2O3S/c1-16-7-6-10-18(13-16)23(17-8-4-3-5-9-17)26-22(28)15-27(31(2,29)30)19-11-12-20(24)21(25)14-19/h3-14,23H,15H2,1-2H3,(H,26,28). The molecular weight excluding hydrogens is 455 g/mol. The van der Waals surface area contributed by atoms with Gasteiger partial charge in [-0.2, -0.15) is 0 Å². The third-order valence-electron chi connectivity index (χ3n) is 4.69. The largest absolute Gasteiger partial charge is 0.344 e. The quantitative estimate of drug-likeness (QED) is 0.523. The fraction of sp³-hybridized carbons (Fsp3) is 0.174. The van der Waals surface area contributed by atoms with Crippen LogP contribution < -0.4 is 9.62 Å². The van der Waals surface area contributed by atoms with E-state index in [0.717, 1.165) is 27.3 Å². The number of amides is 1. The van der Waals surface area contributed by atoms with Gasteiger partial charge in [0.05, 0.1) is 28.0 Å². The van der Waals surface area contributed by atoms with Gasteiger partial charge in [0.1, 0.15) is 6.54 Å². The minimum atomic E-state index is -3.74. The summed E-state index contributed by atoms with van der Waals surface area (Å²) in [5.41, 5.74) is 3.11. The fourth-order valence-corrected chi connectivity index (χ4v) is 4.37. The zero-order chi connectivity index (χ0) is 22.6. The molecule has 1 unspecified atom stereocenters. The van der Waals surface area contributed by atoms with Crippen LogP contribution in [-0.4, -0.2) is 27.1 Å². The summed E-state index contributed by atoms with van der Waals surface area (Å²) in [4.78, 5) is 13.0. The summed E-state index contributed by atoms with van der Waals surface area (Å²) in [6.07, 6.45) is 1.04. The van der Waals surface area contributed by atoms with E-state index in [-0.39, 0.29) is 10.7 Å². The number of benzene rings is 3. The number of anilines is 1. The van der Waals surface area contributed by atoms with Crippen LogP contribution in [-0.2, 0) is 14.8 Å². The van der Waals surface area contributed by atoms with Crippen LogP contribution in [0.15, 0.2) is 72.8 Å². The Morgan fingerprint density at radius 3 is 2.23 bits per heavy atom. The van der Waals surface area contributed by atoms with Crippen LogP contribution in [0.3, 0.4) is 0 Å². The van der Waals surface area contributed by atoms with Crippen molar-refractivity contribution in [3.63, 3.8) is 0 Å². The first-order chi connectivity index (χ1) is 14.6. The summed E-state index contributed by atoms with van der Waals surface area (Å²) in [5, 5.41) is 3.47. The van der Waals surface area contributed by atoms with E-state index in [1.165, 1.54) is 18.2 Å². The molecule has 1 N–H and O–H groups in total. The second-order valence-electron chi connectivity index (χ2n) is 7.19. The molecule has 5 nitrogen and oxygen atoms in total. The van der Waals surface area contributed by atoms with Crippen LogP contribution in [0.2, 0.25) is 10.0 Å². The third kappa shape index (κ3) is 6.00. The molecule has 0 heterocycles. The normalized spacial score (nSPS) is 12.3. The molecule has 3 aromatic carbocycles. The number of halogens is 2. The first-order valence-corrected chi connectivity index (χ1v) is 12.1. The van der Waals surface area contributed by atoms with Crippen molar-refractivity contribution in [2.24, 2.45) is 0 Å². The second-order valence-corrected chi connectivity index (χ2v) is 9.91. The second kappa shape index (κ2) is 9.73. The zero-order valence-electron chi connectivity index (χ0n) is 17.0. The number of carbonyl (C=O) groups is 1. The van der Waals surface area contributed by atoms with Crippen molar-refractivity contribution < 1.29 is 13.2 Å². The number of aryl methyl sites for hydroxylation is 1. The molecule has 1 atom stereocenters. The maximum absolute atomic E-state index is 13.0. The van der Waals surface area contributed by atoms with Crippen LogP contribution >= 0.6 is 23.2 Å². The predicted octanol–water partition coefficient (Wildman–Crippen LogP) is 4.97. The summed E-state index contributed by atoms with van der Waals surface area (Å²) >= 11 is 12.0. The summed E-state index contributed by atoms with van der Waals surface area (Å²) in [7, 11) is -3.74. The summed E-state index contributed by atoms with van der Waals surface area (Å²) in [6, 6.07) is 21.3. The lowest BCUT2D eigenvalue weighted by atomic mass is 9.97. The Labute approximate surface area is 192 Å². The molecule has 0 saturated heterocycles. The molecule has 0 spiro atoms. The van der Waals surface area contributed by atoms with E-state index in [9.17, 15) is 13.2 Å². The molecule has 1 amide bonds. The van der Waals surface area contributed by atoms with Crippen molar-refractivity contribution >= 4 is 44.8 Å². The highest BCUT2D eigenvalue weighted by Crippen LogP contribution is 2.29.